The maximum atomic E-state index is 14.1. The number of halogens is 3. The number of imidazole rings is 1. The molecule has 0 radical (unpaired) electrons. The van der Waals surface area contributed by atoms with Crippen LogP contribution in [0.2, 0.25) is 5.02 Å². The van der Waals surface area contributed by atoms with Crippen molar-refractivity contribution in [3.05, 3.63) is 69.5 Å². The van der Waals surface area contributed by atoms with Crippen LogP contribution < -0.4 is 4.90 Å². The molecule has 1 saturated heterocycles. The number of carbonyl (C=O) groups excluding carboxylic acids is 1. The molecule has 1 fully saturated rings. The Morgan fingerprint density at radius 3 is 2.47 bits per heavy atom. The minimum Gasteiger partial charge on any atom is -0.381 e. The third kappa shape index (κ3) is 3.87. The number of ether oxygens (including phenoxy) is 1. The van der Waals surface area contributed by atoms with E-state index in [9.17, 15) is 13.6 Å². The monoisotopic (exact) mass is 541 g/mol. The van der Waals surface area contributed by atoms with Gasteiger partial charge in [0.15, 0.2) is 17.2 Å². The summed E-state index contributed by atoms with van der Waals surface area (Å²) in [6.07, 6.45) is -1.22. The molecule has 0 bridgehead atoms. The number of hydrogen-bond donors (Lipinski definition) is 0. The van der Waals surface area contributed by atoms with Gasteiger partial charge in [0.25, 0.3) is 12.3 Å². The molecule has 9 nitrogen and oxygen atoms in total. The van der Waals surface area contributed by atoms with Gasteiger partial charge in [0.1, 0.15) is 11.9 Å². The number of carbonyl (C=O) groups is 1. The van der Waals surface area contributed by atoms with E-state index in [4.69, 9.17) is 21.3 Å². The van der Waals surface area contributed by atoms with E-state index in [2.05, 4.69) is 33.7 Å². The number of aryl methyl sites for hydroxylation is 1. The highest BCUT2D eigenvalue weighted by Crippen LogP contribution is 2.44. The van der Waals surface area contributed by atoms with E-state index in [1.54, 1.807) is 25.1 Å². The lowest BCUT2D eigenvalue weighted by Gasteiger charge is -2.30. The van der Waals surface area contributed by atoms with Gasteiger partial charge in [-0.1, -0.05) is 23.7 Å². The normalized spacial score (nSPS) is 18.4. The van der Waals surface area contributed by atoms with Gasteiger partial charge >= 0.3 is 0 Å². The molecule has 1 aromatic carbocycles. The van der Waals surface area contributed by atoms with Crippen LogP contribution in [0.3, 0.4) is 0 Å². The van der Waals surface area contributed by atoms with Crippen molar-refractivity contribution in [1.82, 2.24) is 29.4 Å². The van der Waals surface area contributed by atoms with Crippen LogP contribution in [0.25, 0.3) is 5.65 Å². The standard InChI is InChI=1S/C26H26ClF2N7O2/c1-13(2)34-21-19(30-24(34)16-8-10-38-11-9-16)26(37)35(20(21)15-4-6-17(27)7-5-15)18-12-14(3)23-31-32-25(22(28)29)36(23)33-18/h4-7,12-13,16,20,22H,8-11H2,1-3H3. The highest BCUT2D eigenvalue weighted by molar-refractivity contribution is 6.30. The maximum Gasteiger partial charge on any atom is 0.299 e. The molecule has 5 heterocycles. The smallest absolute Gasteiger partial charge is 0.299 e. The van der Waals surface area contributed by atoms with Gasteiger partial charge in [-0.05, 0) is 62.9 Å². The van der Waals surface area contributed by atoms with E-state index in [1.807, 2.05) is 12.1 Å². The number of benzene rings is 1. The first kappa shape index (κ1) is 24.9. The van der Waals surface area contributed by atoms with Crippen molar-refractivity contribution in [2.45, 2.75) is 58.0 Å². The largest absolute Gasteiger partial charge is 0.381 e. The first-order valence-electron chi connectivity index (χ1n) is 12.6. The molecule has 0 spiro atoms. The van der Waals surface area contributed by atoms with Crippen molar-refractivity contribution < 1.29 is 18.3 Å². The summed E-state index contributed by atoms with van der Waals surface area (Å²) in [6.45, 7) is 7.16. The molecule has 198 valence electrons. The fraction of sp³-hybridized carbons (Fsp3) is 0.423. The number of hydrogen-bond acceptors (Lipinski definition) is 6. The van der Waals surface area contributed by atoms with E-state index in [-0.39, 0.29) is 29.3 Å². The number of rotatable bonds is 5. The molecule has 2 aliphatic rings. The number of fused-ring (bicyclic) bond motifs is 2. The summed E-state index contributed by atoms with van der Waals surface area (Å²) in [5.41, 5.74) is 2.68. The summed E-state index contributed by atoms with van der Waals surface area (Å²) < 4.78 is 36.1. The number of nitrogens with zero attached hydrogens (tertiary/aromatic N) is 7. The van der Waals surface area contributed by atoms with E-state index < -0.39 is 18.3 Å². The molecule has 12 heteroatoms. The second-order valence-corrected chi connectivity index (χ2v) is 10.4. The van der Waals surface area contributed by atoms with Gasteiger partial charge in [0.2, 0.25) is 5.82 Å². The van der Waals surface area contributed by atoms with Crippen molar-refractivity contribution >= 4 is 29.0 Å². The van der Waals surface area contributed by atoms with Gasteiger partial charge in [-0.3, -0.25) is 9.69 Å². The van der Waals surface area contributed by atoms with Crippen LogP contribution in [0.4, 0.5) is 14.6 Å². The van der Waals surface area contributed by atoms with Crippen LogP contribution in [0, 0.1) is 6.92 Å². The Bertz CT molecular complexity index is 1530. The van der Waals surface area contributed by atoms with Gasteiger partial charge in [0.05, 0.1) is 5.69 Å². The maximum absolute atomic E-state index is 14.1. The zero-order valence-corrected chi connectivity index (χ0v) is 21.9. The summed E-state index contributed by atoms with van der Waals surface area (Å²) in [6, 6.07) is 8.37. The van der Waals surface area contributed by atoms with Crippen LogP contribution in [0.1, 0.15) is 90.1 Å². The summed E-state index contributed by atoms with van der Waals surface area (Å²) in [5.74, 6) is 0.335. The van der Waals surface area contributed by atoms with Crippen LogP contribution in [0.15, 0.2) is 30.3 Å². The second kappa shape index (κ2) is 9.39. The molecule has 1 atom stereocenters. The van der Waals surface area contributed by atoms with E-state index >= 15 is 0 Å². The lowest BCUT2D eigenvalue weighted by molar-refractivity contribution is 0.0824. The van der Waals surface area contributed by atoms with Crippen molar-refractivity contribution in [3.63, 3.8) is 0 Å². The summed E-state index contributed by atoms with van der Waals surface area (Å²) in [7, 11) is 0. The summed E-state index contributed by atoms with van der Waals surface area (Å²) in [5, 5.41) is 12.5. The molecule has 6 rings (SSSR count). The van der Waals surface area contributed by atoms with E-state index in [0.717, 1.165) is 34.4 Å². The molecule has 2 aliphatic heterocycles. The predicted molar refractivity (Wildman–Crippen MR) is 136 cm³/mol. The third-order valence-electron chi connectivity index (χ3n) is 7.21. The quantitative estimate of drug-likeness (QED) is 0.334. The number of alkyl halides is 2. The lowest BCUT2D eigenvalue weighted by atomic mass is 9.98. The molecule has 0 saturated carbocycles. The molecule has 1 unspecified atom stereocenters. The SMILES string of the molecule is Cc1cc(N2C(=O)c3nc(C4CCOCC4)n(C(C)C)c3C2c2ccc(Cl)cc2)nn2c(C(F)F)nnc12. The van der Waals surface area contributed by atoms with E-state index in [0.29, 0.717) is 29.5 Å². The van der Waals surface area contributed by atoms with E-state index in [1.165, 1.54) is 4.90 Å². The Morgan fingerprint density at radius 1 is 1.11 bits per heavy atom. The zero-order chi connectivity index (χ0) is 26.7. The molecule has 0 aliphatic carbocycles. The summed E-state index contributed by atoms with van der Waals surface area (Å²) >= 11 is 6.20. The van der Waals surface area contributed by atoms with Gasteiger partial charge in [-0.15, -0.1) is 15.3 Å². The molecule has 38 heavy (non-hydrogen) atoms. The second-order valence-electron chi connectivity index (χ2n) is 9.96. The van der Waals surface area contributed by atoms with Gasteiger partial charge in [0, 0.05) is 30.2 Å². The van der Waals surface area contributed by atoms with Crippen LogP contribution in [-0.2, 0) is 4.74 Å². The van der Waals surface area contributed by atoms with Gasteiger partial charge in [-0.2, -0.15) is 4.52 Å². The van der Waals surface area contributed by atoms with Crippen molar-refractivity contribution in [2.75, 3.05) is 18.1 Å². The average Bonchev–Trinajstić information content (AvgIpc) is 3.57. The minimum atomic E-state index is -2.88. The van der Waals surface area contributed by atoms with Crippen LogP contribution in [-0.4, -0.2) is 48.5 Å². The average molecular weight is 542 g/mol. The third-order valence-corrected chi connectivity index (χ3v) is 7.46. The van der Waals surface area contributed by atoms with Gasteiger partial charge in [-0.25, -0.2) is 13.8 Å². The number of aromatic nitrogens is 6. The molecular weight excluding hydrogens is 516 g/mol. The highest BCUT2D eigenvalue weighted by Gasteiger charge is 2.46. The Kier molecular flexibility index (Phi) is 6.14. The molecule has 4 aromatic rings. The van der Waals surface area contributed by atoms with Gasteiger partial charge < -0.3 is 9.30 Å². The topological polar surface area (TPSA) is 90.4 Å². The molecule has 0 N–H and O–H groups in total. The Morgan fingerprint density at radius 2 is 1.82 bits per heavy atom. The fourth-order valence-corrected chi connectivity index (χ4v) is 5.62. The zero-order valence-electron chi connectivity index (χ0n) is 21.1. The Labute approximate surface area is 222 Å². The first-order chi connectivity index (χ1) is 18.3. The van der Waals surface area contributed by atoms with Crippen LogP contribution in [0.5, 0.6) is 0 Å². The lowest BCUT2D eigenvalue weighted by Crippen LogP contribution is -2.32. The predicted octanol–water partition coefficient (Wildman–Crippen LogP) is 5.44. The number of amides is 1. The Balaban J connectivity index is 1.57. The highest BCUT2D eigenvalue weighted by atomic mass is 35.5. The molecular formula is C26H26ClF2N7O2. The van der Waals surface area contributed by atoms with Crippen molar-refractivity contribution in [2.24, 2.45) is 0 Å². The summed E-state index contributed by atoms with van der Waals surface area (Å²) in [4.78, 5) is 20.5. The fourth-order valence-electron chi connectivity index (χ4n) is 5.49. The van der Waals surface area contributed by atoms with Crippen LogP contribution >= 0.6 is 11.6 Å². The Hall–Kier alpha value is -3.44. The molecule has 3 aromatic heterocycles. The van der Waals surface area contributed by atoms with Crippen molar-refractivity contribution in [1.29, 1.82) is 0 Å². The minimum absolute atomic E-state index is 0.0205. The molecule has 1 amide bonds. The first-order valence-corrected chi connectivity index (χ1v) is 12.9. The number of anilines is 1. The van der Waals surface area contributed by atoms with Crippen molar-refractivity contribution in [3.8, 4) is 0 Å².